The van der Waals surface area contributed by atoms with Crippen molar-refractivity contribution in [3.63, 3.8) is 0 Å². The van der Waals surface area contributed by atoms with Crippen LogP contribution in [0.15, 0.2) is 18.2 Å². The fourth-order valence-electron chi connectivity index (χ4n) is 4.05. The number of carbonyl (C=O) groups excluding carboxylic acids is 1. The molecule has 5 N–H and O–H groups in total. The summed E-state index contributed by atoms with van der Waals surface area (Å²) >= 11 is 0. The minimum Gasteiger partial charge on any atom is -0.496 e. The van der Waals surface area contributed by atoms with E-state index in [0.29, 0.717) is 37.5 Å². The zero-order valence-electron chi connectivity index (χ0n) is 19.1. The molecule has 1 saturated heterocycles. The third-order valence-electron chi connectivity index (χ3n) is 5.73. The predicted molar refractivity (Wildman–Crippen MR) is 126 cm³/mol. The first kappa shape index (κ1) is 23.7. The largest absolute Gasteiger partial charge is 0.496 e. The Bertz CT molecular complexity index is 930. The zero-order chi connectivity index (χ0) is 23.1. The molecule has 1 aromatic carbocycles. The van der Waals surface area contributed by atoms with E-state index in [1.165, 1.54) is 0 Å². The number of nitrogens with zero attached hydrogens (tertiary/aromatic N) is 3. The third kappa shape index (κ3) is 5.66. The Balaban J connectivity index is 1.91. The van der Waals surface area contributed by atoms with Crippen LogP contribution in [0.1, 0.15) is 43.0 Å². The number of hydrogen-bond acceptors (Lipinski definition) is 8. The average Bonchev–Trinajstić information content (AvgIpc) is 2.77. The summed E-state index contributed by atoms with van der Waals surface area (Å²) < 4.78 is 5.67. The molecule has 3 rings (SSSR count). The van der Waals surface area contributed by atoms with Crippen molar-refractivity contribution in [3.05, 3.63) is 35.0 Å². The van der Waals surface area contributed by atoms with Crippen molar-refractivity contribution in [1.82, 2.24) is 15.3 Å². The number of nitrogens with two attached hydrogens (primary N) is 1. The Labute approximate surface area is 189 Å². The van der Waals surface area contributed by atoms with Gasteiger partial charge in [0, 0.05) is 55.2 Å². The molecule has 0 radical (unpaired) electrons. The number of nitrogen functional groups attached to an aromatic ring is 1. The maximum atomic E-state index is 12.3. The lowest BCUT2D eigenvalue weighted by Gasteiger charge is -2.28. The summed E-state index contributed by atoms with van der Waals surface area (Å²) in [5, 5.41) is 16.0. The van der Waals surface area contributed by atoms with Crippen LogP contribution in [0.2, 0.25) is 0 Å². The molecular formula is C23H34N6O3. The fraction of sp³-hybridized carbons (Fsp3) is 0.522. The SMILES string of the molecule is CCC[C@@H](CCO)Nc1nc(N)nc(C)c1Cc1ccc(N2CCNCC2=O)cc1OC. The second-order valence-corrected chi connectivity index (χ2v) is 8.03. The molecule has 1 fully saturated rings. The van der Waals surface area contributed by atoms with Crippen LogP contribution in [0.4, 0.5) is 17.5 Å². The standard InChI is InChI=1S/C23H34N6O3/c1-4-5-17(8-11-30)27-22-19(15(2)26-23(24)28-22)12-16-6-7-18(13-20(16)32-3)29-10-9-25-14-21(29)31/h6-7,13,17,25,30H,4-5,8-12,14H2,1-3H3,(H3,24,26,27,28)/t17-/m0/s1. The van der Waals surface area contributed by atoms with Gasteiger partial charge in [0.25, 0.3) is 0 Å². The van der Waals surface area contributed by atoms with Gasteiger partial charge in [0.15, 0.2) is 0 Å². The van der Waals surface area contributed by atoms with Crippen LogP contribution in [-0.4, -0.2) is 60.4 Å². The first-order valence-corrected chi connectivity index (χ1v) is 11.1. The summed E-state index contributed by atoms with van der Waals surface area (Å²) in [7, 11) is 1.63. The van der Waals surface area contributed by atoms with Crippen LogP contribution in [0.25, 0.3) is 0 Å². The molecule has 1 amide bonds. The van der Waals surface area contributed by atoms with Crippen molar-refractivity contribution in [2.45, 2.75) is 45.6 Å². The summed E-state index contributed by atoms with van der Waals surface area (Å²) in [6, 6.07) is 5.94. The summed E-state index contributed by atoms with van der Waals surface area (Å²) in [5.74, 6) is 1.65. The van der Waals surface area contributed by atoms with Crippen LogP contribution >= 0.6 is 0 Å². The number of nitrogens with one attached hydrogen (secondary N) is 2. The molecule has 1 aliphatic rings. The highest BCUT2D eigenvalue weighted by Gasteiger charge is 2.21. The molecule has 2 heterocycles. The second-order valence-electron chi connectivity index (χ2n) is 8.03. The number of piperazine rings is 1. The quantitative estimate of drug-likeness (QED) is 0.439. The molecule has 9 nitrogen and oxygen atoms in total. The van der Waals surface area contributed by atoms with Gasteiger partial charge in [-0.15, -0.1) is 0 Å². The van der Waals surface area contributed by atoms with Gasteiger partial charge < -0.3 is 31.1 Å². The molecule has 2 aromatic rings. The van der Waals surface area contributed by atoms with Gasteiger partial charge in [-0.2, -0.15) is 4.98 Å². The highest BCUT2D eigenvalue weighted by molar-refractivity contribution is 5.95. The Kier molecular flexibility index (Phi) is 8.24. The number of methoxy groups -OCH3 is 1. The van der Waals surface area contributed by atoms with Crippen molar-refractivity contribution in [3.8, 4) is 5.75 Å². The van der Waals surface area contributed by atoms with E-state index < -0.39 is 0 Å². The fourth-order valence-corrected chi connectivity index (χ4v) is 4.05. The molecule has 0 saturated carbocycles. The lowest BCUT2D eigenvalue weighted by atomic mass is 10.0. The minimum atomic E-state index is 0.0474. The van der Waals surface area contributed by atoms with Crippen LogP contribution < -0.4 is 26.0 Å². The smallest absolute Gasteiger partial charge is 0.240 e. The van der Waals surface area contributed by atoms with E-state index >= 15 is 0 Å². The van der Waals surface area contributed by atoms with E-state index in [-0.39, 0.29) is 24.5 Å². The highest BCUT2D eigenvalue weighted by Crippen LogP contribution is 2.31. The van der Waals surface area contributed by atoms with Crippen LogP contribution in [0.5, 0.6) is 5.75 Å². The Morgan fingerprint density at radius 1 is 1.34 bits per heavy atom. The van der Waals surface area contributed by atoms with E-state index in [0.717, 1.165) is 41.9 Å². The predicted octanol–water partition coefficient (Wildman–Crippen LogP) is 1.87. The number of aromatic nitrogens is 2. The van der Waals surface area contributed by atoms with Crippen molar-refractivity contribution < 1.29 is 14.6 Å². The Morgan fingerprint density at radius 3 is 2.84 bits per heavy atom. The molecule has 0 aliphatic carbocycles. The molecule has 174 valence electrons. The van der Waals surface area contributed by atoms with Gasteiger partial charge >= 0.3 is 0 Å². The van der Waals surface area contributed by atoms with E-state index in [4.69, 9.17) is 10.5 Å². The van der Waals surface area contributed by atoms with Gasteiger partial charge in [-0.05, 0) is 31.4 Å². The molecule has 0 spiro atoms. The minimum absolute atomic E-state index is 0.0474. The van der Waals surface area contributed by atoms with Gasteiger partial charge in [-0.3, -0.25) is 4.79 Å². The third-order valence-corrected chi connectivity index (χ3v) is 5.73. The number of hydrogen-bond donors (Lipinski definition) is 4. The number of aliphatic hydroxyl groups is 1. The highest BCUT2D eigenvalue weighted by atomic mass is 16.5. The first-order valence-electron chi connectivity index (χ1n) is 11.1. The molecular weight excluding hydrogens is 408 g/mol. The molecule has 32 heavy (non-hydrogen) atoms. The number of carbonyl (C=O) groups is 1. The Morgan fingerprint density at radius 2 is 2.16 bits per heavy atom. The summed E-state index contributed by atoms with van der Waals surface area (Å²) in [6.07, 6.45) is 3.09. The lowest BCUT2D eigenvalue weighted by Crippen LogP contribution is -2.48. The van der Waals surface area contributed by atoms with Crippen LogP contribution in [0, 0.1) is 6.92 Å². The number of benzene rings is 1. The molecule has 1 atom stereocenters. The van der Waals surface area contributed by atoms with Crippen LogP contribution in [-0.2, 0) is 11.2 Å². The number of rotatable bonds is 10. The molecule has 1 aliphatic heterocycles. The van der Waals surface area contributed by atoms with Crippen molar-refractivity contribution in [2.24, 2.45) is 0 Å². The topological polar surface area (TPSA) is 126 Å². The van der Waals surface area contributed by atoms with E-state index in [2.05, 4.69) is 27.5 Å². The van der Waals surface area contributed by atoms with E-state index in [1.807, 2.05) is 25.1 Å². The molecule has 0 unspecified atom stereocenters. The molecule has 0 bridgehead atoms. The monoisotopic (exact) mass is 442 g/mol. The number of aliphatic hydroxyl groups excluding tert-OH is 1. The summed E-state index contributed by atoms with van der Waals surface area (Å²) in [6.45, 7) is 5.87. The summed E-state index contributed by atoms with van der Waals surface area (Å²) in [4.78, 5) is 22.9. The van der Waals surface area contributed by atoms with Crippen molar-refractivity contribution in [1.29, 1.82) is 0 Å². The van der Waals surface area contributed by atoms with Gasteiger partial charge in [0.05, 0.1) is 13.7 Å². The number of anilines is 3. The number of ether oxygens (including phenoxy) is 1. The summed E-state index contributed by atoms with van der Waals surface area (Å²) in [5.41, 5.74) is 9.46. The van der Waals surface area contributed by atoms with E-state index in [1.54, 1.807) is 12.0 Å². The van der Waals surface area contributed by atoms with Crippen molar-refractivity contribution in [2.75, 3.05) is 49.3 Å². The van der Waals surface area contributed by atoms with Gasteiger partial charge in [0.2, 0.25) is 11.9 Å². The van der Waals surface area contributed by atoms with Gasteiger partial charge in [-0.25, -0.2) is 4.98 Å². The van der Waals surface area contributed by atoms with Crippen molar-refractivity contribution >= 4 is 23.4 Å². The average molecular weight is 443 g/mol. The maximum Gasteiger partial charge on any atom is 0.240 e. The van der Waals surface area contributed by atoms with Gasteiger partial charge in [-0.1, -0.05) is 19.4 Å². The van der Waals surface area contributed by atoms with Crippen LogP contribution in [0.3, 0.4) is 0 Å². The molecule has 1 aromatic heterocycles. The number of amides is 1. The van der Waals surface area contributed by atoms with Gasteiger partial charge in [0.1, 0.15) is 11.6 Å². The van der Waals surface area contributed by atoms with E-state index in [9.17, 15) is 9.90 Å². The second kappa shape index (κ2) is 11.1. The lowest BCUT2D eigenvalue weighted by molar-refractivity contribution is -0.118. The normalized spacial score (nSPS) is 15.0. The Hall–Kier alpha value is -2.91. The zero-order valence-corrected chi connectivity index (χ0v) is 19.1. The number of aryl methyl sites for hydroxylation is 1. The first-order chi connectivity index (χ1) is 15.5. The molecule has 9 heteroatoms. The maximum absolute atomic E-state index is 12.3.